The summed E-state index contributed by atoms with van der Waals surface area (Å²) in [5, 5.41) is 3.87. The van der Waals surface area contributed by atoms with Crippen LogP contribution in [0.5, 0.6) is 0 Å². The normalized spacial score (nSPS) is 12.1. The third kappa shape index (κ3) is 5.41. The van der Waals surface area contributed by atoms with Crippen LogP contribution >= 0.6 is 0 Å². The molecule has 2 N–H and O–H groups in total. The number of sulfone groups is 1. The van der Waals surface area contributed by atoms with Gasteiger partial charge in [0.05, 0.1) is 10.6 Å². The molecule has 0 aliphatic carbocycles. The van der Waals surface area contributed by atoms with Crippen molar-refractivity contribution in [1.82, 2.24) is 0 Å². The molecule has 0 saturated heterocycles. The van der Waals surface area contributed by atoms with Gasteiger partial charge in [0.15, 0.2) is 9.84 Å². The smallest absolute Gasteiger partial charge is 0.294 e. The van der Waals surface area contributed by atoms with Gasteiger partial charge in [0.2, 0.25) is 0 Å². The van der Waals surface area contributed by atoms with E-state index in [2.05, 4.69) is 11.9 Å². The number of hydrogen-bond donors (Lipinski definition) is 2. The molecule has 1 aromatic rings. The fraction of sp³-hybridized carbons (Fsp3) is 0.273. The van der Waals surface area contributed by atoms with E-state index in [1.807, 2.05) is 0 Å². The summed E-state index contributed by atoms with van der Waals surface area (Å²) in [7, 11) is -7.37. The molecular formula is C11H15NO5S2. The van der Waals surface area contributed by atoms with Crippen molar-refractivity contribution in [2.45, 2.75) is 11.3 Å². The quantitative estimate of drug-likeness (QED) is 0.581. The van der Waals surface area contributed by atoms with Crippen molar-refractivity contribution in [2.75, 3.05) is 17.6 Å². The van der Waals surface area contributed by atoms with Crippen LogP contribution in [0, 0.1) is 0 Å². The van der Waals surface area contributed by atoms with Crippen LogP contribution in [0.2, 0.25) is 0 Å². The zero-order valence-corrected chi connectivity index (χ0v) is 11.7. The lowest BCUT2D eigenvalue weighted by Crippen LogP contribution is -2.09. The molecule has 0 amide bonds. The van der Waals surface area contributed by atoms with E-state index < -0.39 is 20.0 Å². The zero-order valence-electron chi connectivity index (χ0n) is 10.1. The second-order valence-electron chi connectivity index (χ2n) is 3.81. The third-order valence-corrected chi connectivity index (χ3v) is 4.57. The largest absolute Gasteiger partial charge is 0.385 e. The summed E-state index contributed by atoms with van der Waals surface area (Å²) in [6, 6.07) is 5.51. The van der Waals surface area contributed by atoms with Gasteiger partial charge < -0.3 is 5.32 Å². The number of rotatable bonds is 7. The van der Waals surface area contributed by atoms with E-state index in [-0.39, 0.29) is 10.6 Å². The van der Waals surface area contributed by atoms with E-state index >= 15 is 0 Å². The molecule has 0 saturated carbocycles. The molecule has 106 valence electrons. The highest BCUT2D eigenvalue weighted by Gasteiger charge is 2.08. The lowest BCUT2D eigenvalue weighted by molar-refractivity contribution is 0.483. The first kappa shape index (κ1) is 15.7. The number of nitrogens with one attached hydrogen (secondary N) is 1. The minimum absolute atomic E-state index is 0.00655. The fourth-order valence-corrected chi connectivity index (χ4v) is 2.53. The van der Waals surface area contributed by atoms with Crippen molar-refractivity contribution >= 4 is 25.6 Å². The molecular weight excluding hydrogens is 290 g/mol. The molecule has 8 heteroatoms. The first-order valence-corrected chi connectivity index (χ1v) is 8.57. The topological polar surface area (TPSA) is 101 Å². The maximum Gasteiger partial charge on any atom is 0.294 e. The van der Waals surface area contributed by atoms with Crippen LogP contribution in [0.15, 0.2) is 41.1 Å². The number of hydrogen-bond acceptors (Lipinski definition) is 5. The van der Waals surface area contributed by atoms with Gasteiger partial charge in [-0.1, -0.05) is 6.58 Å². The Morgan fingerprint density at radius 1 is 1.16 bits per heavy atom. The highest BCUT2D eigenvalue weighted by molar-refractivity contribution is 7.94. The summed E-state index contributed by atoms with van der Waals surface area (Å²) in [6.07, 6.45) is 0.411. The van der Waals surface area contributed by atoms with Gasteiger partial charge in [0, 0.05) is 17.6 Å². The predicted octanol–water partition coefficient (Wildman–Crippen LogP) is 1.29. The standard InChI is InChI=1S/C11H15NO5S2/c1-2-18(13,14)9-3-8-12-10-4-6-11(7-5-10)19(15,16)17/h2,4-7,12H,1,3,8-9H2,(H,15,16,17). The zero-order chi connectivity index (χ0) is 14.5. The summed E-state index contributed by atoms with van der Waals surface area (Å²) < 4.78 is 52.7. The van der Waals surface area contributed by atoms with E-state index in [9.17, 15) is 16.8 Å². The molecule has 0 spiro atoms. The number of benzene rings is 1. The minimum atomic E-state index is -4.19. The van der Waals surface area contributed by atoms with Crippen molar-refractivity contribution in [1.29, 1.82) is 0 Å². The Bertz CT molecular complexity index is 632. The third-order valence-electron chi connectivity index (χ3n) is 2.34. The fourth-order valence-electron chi connectivity index (χ4n) is 1.33. The van der Waals surface area contributed by atoms with Crippen molar-refractivity contribution < 1.29 is 21.4 Å². The summed E-state index contributed by atoms with van der Waals surface area (Å²) in [4.78, 5) is -0.188. The van der Waals surface area contributed by atoms with Gasteiger partial charge in [0.25, 0.3) is 10.1 Å². The minimum Gasteiger partial charge on any atom is -0.385 e. The molecule has 1 aromatic carbocycles. The van der Waals surface area contributed by atoms with Crippen LogP contribution in [0.25, 0.3) is 0 Å². The highest BCUT2D eigenvalue weighted by atomic mass is 32.2. The molecule has 0 heterocycles. The van der Waals surface area contributed by atoms with Gasteiger partial charge in [0.1, 0.15) is 0 Å². The van der Waals surface area contributed by atoms with E-state index in [1.54, 1.807) is 0 Å². The maximum absolute atomic E-state index is 11.1. The van der Waals surface area contributed by atoms with E-state index in [0.29, 0.717) is 18.7 Å². The summed E-state index contributed by atoms with van der Waals surface area (Å²) >= 11 is 0. The first-order valence-electron chi connectivity index (χ1n) is 5.41. The van der Waals surface area contributed by atoms with Crippen molar-refractivity contribution in [3.05, 3.63) is 36.3 Å². The Labute approximate surface area is 112 Å². The van der Waals surface area contributed by atoms with Gasteiger partial charge in [-0.3, -0.25) is 4.55 Å². The lowest BCUT2D eigenvalue weighted by atomic mass is 10.3. The summed E-state index contributed by atoms with van der Waals surface area (Å²) in [5.41, 5.74) is 0.642. The van der Waals surface area contributed by atoms with Crippen LogP contribution < -0.4 is 5.32 Å². The monoisotopic (exact) mass is 305 g/mol. The summed E-state index contributed by atoms with van der Waals surface area (Å²) in [6.45, 7) is 3.64. The molecule has 6 nitrogen and oxygen atoms in total. The van der Waals surface area contributed by atoms with Crippen LogP contribution in [0.1, 0.15) is 6.42 Å². The van der Waals surface area contributed by atoms with Gasteiger partial charge in [-0.05, 0) is 30.7 Å². The lowest BCUT2D eigenvalue weighted by Gasteiger charge is -2.06. The molecule has 0 aromatic heterocycles. The van der Waals surface area contributed by atoms with Gasteiger partial charge in [-0.15, -0.1) is 0 Å². The molecule has 0 unspecified atom stereocenters. The van der Waals surface area contributed by atoms with Gasteiger partial charge in [-0.2, -0.15) is 8.42 Å². The van der Waals surface area contributed by atoms with E-state index in [4.69, 9.17) is 4.55 Å². The Balaban J connectivity index is 2.50. The Morgan fingerprint density at radius 2 is 1.74 bits per heavy atom. The molecule has 0 aliphatic rings. The van der Waals surface area contributed by atoms with E-state index in [0.717, 1.165) is 5.41 Å². The molecule has 0 bridgehead atoms. The van der Waals surface area contributed by atoms with Crippen LogP contribution in [-0.4, -0.2) is 33.7 Å². The second kappa shape index (κ2) is 6.18. The van der Waals surface area contributed by atoms with Crippen molar-refractivity contribution in [3.8, 4) is 0 Å². The molecule has 0 aliphatic heterocycles. The van der Waals surface area contributed by atoms with Crippen molar-refractivity contribution in [3.63, 3.8) is 0 Å². The second-order valence-corrected chi connectivity index (χ2v) is 7.30. The Morgan fingerprint density at radius 3 is 2.21 bits per heavy atom. The van der Waals surface area contributed by atoms with Crippen molar-refractivity contribution in [2.24, 2.45) is 0 Å². The molecule has 0 fully saturated rings. The van der Waals surface area contributed by atoms with Crippen LogP contribution in [0.4, 0.5) is 5.69 Å². The highest BCUT2D eigenvalue weighted by Crippen LogP contribution is 2.13. The average Bonchev–Trinajstić information content (AvgIpc) is 2.34. The van der Waals surface area contributed by atoms with E-state index in [1.165, 1.54) is 24.3 Å². The predicted molar refractivity (Wildman–Crippen MR) is 73.3 cm³/mol. The molecule has 0 atom stereocenters. The van der Waals surface area contributed by atoms with Gasteiger partial charge in [-0.25, -0.2) is 8.42 Å². The average molecular weight is 305 g/mol. The molecule has 0 radical (unpaired) electrons. The van der Waals surface area contributed by atoms with Gasteiger partial charge >= 0.3 is 0 Å². The molecule has 19 heavy (non-hydrogen) atoms. The first-order chi connectivity index (χ1) is 8.74. The Kier molecular flexibility index (Phi) is 5.10. The molecule has 1 rings (SSSR count). The summed E-state index contributed by atoms with van der Waals surface area (Å²) in [5.74, 6) is 0.00655. The van der Waals surface area contributed by atoms with Crippen LogP contribution in [0.3, 0.4) is 0 Å². The Hall–Kier alpha value is -1.38. The maximum atomic E-state index is 11.1. The number of anilines is 1. The van der Waals surface area contributed by atoms with Crippen LogP contribution in [-0.2, 0) is 20.0 Å². The SMILES string of the molecule is C=CS(=O)(=O)CCCNc1ccc(S(=O)(=O)O)cc1.